The summed E-state index contributed by atoms with van der Waals surface area (Å²) in [6, 6.07) is 0. The van der Waals surface area contributed by atoms with Crippen LogP contribution in [0.3, 0.4) is 0 Å². The van der Waals surface area contributed by atoms with Gasteiger partial charge in [-0.2, -0.15) is 0 Å². The Bertz CT molecular complexity index is 543. The van der Waals surface area contributed by atoms with Crippen molar-refractivity contribution < 1.29 is 9.59 Å². The molecular formula is C36H70N2O2. The minimum atomic E-state index is -0.554. The van der Waals surface area contributed by atoms with Gasteiger partial charge in [-0.1, -0.05) is 181 Å². The van der Waals surface area contributed by atoms with E-state index in [0.717, 1.165) is 25.9 Å². The molecule has 236 valence electrons. The van der Waals surface area contributed by atoms with Gasteiger partial charge in [0.1, 0.15) is 0 Å². The Labute approximate surface area is 250 Å². The lowest BCUT2D eigenvalue weighted by molar-refractivity contribution is -0.126. The van der Waals surface area contributed by atoms with Crippen molar-refractivity contribution in [2.45, 2.75) is 194 Å². The largest absolute Gasteiger partial charge is 0.366 e. The quantitative estimate of drug-likeness (QED) is 0.0654. The maximum absolute atomic E-state index is 12.6. The number of nitrogens with zero attached hydrogens (tertiary/aromatic N) is 1. The first-order chi connectivity index (χ1) is 19.6. The average Bonchev–Trinajstić information content (AvgIpc) is 2.95. The summed E-state index contributed by atoms with van der Waals surface area (Å²) in [6.45, 7) is 6.14. The maximum Gasteiger partial charge on any atom is 0.246 e. The van der Waals surface area contributed by atoms with Crippen molar-refractivity contribution in [3.8, 4) is 0 Å². The van der Waals surface area contributed by atoms with Crippen LogP contribution in [0.15, 0.2) is 12.2 Å². The molecule has 0 saturated carbocycles. The molecule has 0 rings (SSSR count). The van der Waals surface area contributed by atoms with Crippen molar-refractivity contribution in [2.24, 2.45) is 5.73 Å². The monoisotopic (exact) mass is 563 g/mol. The number of carbonyl (C=O) groups excluding carboxylic acids is 2. The van der Waals surface area contributed by atoms with Gasteiger partial charge in [0.2, 0.25) is 11.8 Å². The summed E-state index contributed by atoms with van der Waals surface area (Å²) in [5.41, 5.74) is 5.21. The van der Waals surface area contributed by atoms with E-state index in [0.29, 0.717) is 0 Å². The highest BCUT2D eigenvalue weighted by atomic mass is 16.2. The molecule has 0 aliphatic carbocycles. The number of rotatable bonds is 32. The summed E-state index contributed by atoms with van der Waals surface area (Å²) in [5, 5.41) is 0. The van der Waals surface area contributed by atoms with E-state index in [-0.39, 0.29) is 5.91 Å². The van der Waals surface area contributed by atoms with Crippen LogP contribution in [0.4, 0.5) is 0 Å². The molecule has 0 atom stereocenters. The lowest BCUT2D eigenvalue weighted by Gasteiger charge is -2.21. The van der Waals surface area contributed by atoms with E-state index in [9.17, 15) is 9.59 Å². The van der Waals surface area contributed by atoms with Crippen molar-refractivity contribution in [1.82, 2.24) is 4.90 Å². The van der Waals surface area contributed by atoms with Crippen LogP contribution in [0.1, 0.15) is 194 Å². The molecule has 0 unspecified atom stereocenters. The SMILES string of the molecule is CCCCCCCCCCCCCCCCN(CCCCCCCCCCCCCCCC)C(=O)/C=C\C(N)=O. The van der Waals surface area contributed by atoms with Crippen LogP contribution in [-0.4, -0.2) is 29.8 Å². The van der Waals surface area contributed by atoms with Gasteiger partial charge in [-0.25, -0.2) is 0 Å². The zero-order valence-electron chi connectivity index (χ0n) is 27.2. The van der Waals surface area contributed by atoms with Crippen molar-refractivity contribution in [1.29, 1.82) is 0 Å². The van der Waals surface area contributed by atoms with Gasteiger partial charge in [0.05, 0.1) is 0 Å². The third-order valence-electron chi connectivity index (χ3n) is 8.27. The number of amides is 2. The lowest BCUT2D eigenvalue weighted by Crippen LogP contribution is -2.32. The zero-order chi connectivity index (χ0) is 29.4. The summed E-state index contributed by atoms with van der Waals surface area (Å²) in [6.07, 6.45) is 40.0. The van der Waals surface area contributed by atoms with Crippen molar-refractivity contribution in [2.75, 3.05) is 13.1 Å². The summed E-state index contributed by atoms with van der Waals surface area (Å²) < 4.78 is 0. The average molecular weight is 563 g/mol. The molecule has 0 spiro atoms. The Morgan fingerprint density at radius 2 is 0.675 bits per heavy atom. The van der Waals surface area contributed by atoms with Gasteiger partial charge in [-0.05, 0) is 12.8 Å². The fraction of sp³-hybridized carbons (Fsp3) is 0.889. The molecule has 0 radical (unpaired) electrons. The standard InChI is InChI=1S/C36H70N2O2/c1-3-5-7-9-11-13-15-17-19-21-23-25-27-29-33-38(36(40)32-31-35(37)39)34-30-28-26-24-22-20-18-16-14-12-10-8-6-4-2/h31-32H,3-30,33-34H2,1-2H3,(H2,37,39)/b32-31-. The first kappa shape index (κ1) is 38.7. The van der Waals surface area contributed by atoms with Gasteiger partial charge in [0.15, 0.2) is 0 Å². The lowest BCUT2D eigenvalue weighted by atomic mass is 10.0. The topological polar surface area (TPSA) is 63.4 Å². The summed E-state index contributed by atoms with van der Waals surface area (Å²) in [5.74, 6) is -0.621. The van der Waals surface area contributed by atoms with Crippen molar-refractivity contribution in [3.05, 3.63) is 12.2 Å². The Hall–Kier alpha value is -1.32. The van der Waals surface area contributed by atoms with Crippen LogP contribution in [0.2, 0.25) is 0 Å². The minimum absolute atomic E-state index is 0.0665. The minimum Gasteiger partial charge on any atom is -0.366 e. The number of carbonyl (C=O) groups is 2. The van der Waals surface area contributed by atoms with E-state index < -0.39 is 5.91 Å². The summed E-state index contributed by atoms with van der Waals surface area (Å²) in [4.78, 5) is 25.6. The molecule has 0 aliphatic heterocycles. The molecule has 0 aromatic heterocycles. The van der Waals surface area contributed by atoms with Gasteiger partial charge in [0, 0.05) is 25.2 Å². The highest BCUT2D eigenvalue weighted by Crippen LogP contribution is 2.15. The molecule has 0 saturated heterocycles. The second kappa shape index (κ2) is 32.2. The van der Waals surface area contributed by atoms with Gasteiger partial charge in [-0.15, -0.1) is 0 Å². The number of hydrogen-bond acceptors (Lipinski definition) is 2. The molecule has 0 bridgehead atoms. The van der Waals surface area contributed by atoms with Crippen LogP contribution >= 0.6 is 0 Å². The number of nitrogens with two attached hydrogens (primary N) is 1. The third-order valence-corrected chi connectivity index (χ3v) is 8.27. The van der Waals surface area contributed by atoms with Gasteiger partial charge in [0.25, 0.3) is 0 Å². The van der Waals surface area contributed by atoms with Crippen LogP contribution in [0.25, 0.3) is 0 Å². The molecule has 4 nitrogen and oxygen atoms in total. The van der Waals surface area contributed by atoms with E-state index in [4.69, 9.17) is 5.73 Å². The molecule has 0 aliphatic rings. The van der Waals surface area contributed by atoms with Crippen LogP contribution < -0.4 is 5.73 Å². The fourth-order valence-electron chi connectivity index (χ4n) is 5.59. The van der Waals surface area contributed by atoms with Crippen molar-refractivity contribution >= 4 is 11.8 Å². The van der Waals surface area contributed by atoms with E-state index >= 15 is 0 Å². The molecule has 2 N–H and O–H groups in total. The van der Waals surface area contributed by atoms with E-state index in [2.05, 4.69) is 13.8 Å². The first-order valence-corrected chi connectivity index (χ1v) is 17.9. The van der Waals surface area contributed by atoms with E-state index in [1.165, 1.54) is 179 Å². The Kier molecular flexibility index (Phi) is 31.1. The normalized spacial score (nSPS) is 11.4. The van der Waals surface area contributed by atoms with Gasteiger partial charge >= 0.3 is 0 Å². The molecule has 40 heavy (non-hydrogen) atoms. The predicted molar refractivity (Wildman–Crippen MR) is 176 cm³/mol. The summed E-state index contributed by atoms with van der Waals surface area (Å²) >= 11 is 0. The van der Waals surface area contributed by atoms with Crippen LogP contribution in [0.5, 0.6) is 0 Å². The predicted octanol–water partition coefficient (Wildman–Crippen LogP) is 10.8. The Balaban J connectivity index is 3.83. The molecule has 0 fully saturated rings. The maximum atomic E-state index is 12.6. The molecule has 0 aromatic carbocycles. The molecule has 0 aromatic rings. The first-order valence-electron chi connectivity index (χ1n) is 17.9. The van der Waals surface area contributed by atoms with Crippen molar-refractivity contribution in [3.63, 3.8) is 0 Å². The Morgan fingerprint density at radius 1 is 0.425 bits per heavy atom. The number of hydrogen-bond donors (Lipinski definition) is 1. The van der Waals surface area contributed by atoms with E-state index in [1.54, 1.807) is 0 Å². The smallest absolute Gasteiger partial charge is 0.246 e. The Morgan fingerprint density at radius 3 is 0.925 bits per heavy atom. The highest BCUT2D eigenvalue weighted by molar-refractivity contribution is 5.95. The van der Waals surface area contributed by atoms with Crippen LogP contribution in [-0.2, 0) is 9.59 Å². The number of unbranched alkanes of at least 4 members (excludes halogenated alkanes) is 26. The third kappa shape index (κ3) is 29.7. The fourth-order valence-corrected chi connectivity index (χ4v) is 5.59. The summed E-state index contributed by atoms with van der Waals surface area (Å²) in [7, 11) is 0. The van der Waals surface area contributed by atoms with Gasteiger partial charge < -0.3 is 10.6 Å². The molecule has 2 amide bonds. The van der Waals surface area contributed by atoms with Gasteiger partial charge in [-0.3, -0.25) is 9.59 Å². The molecule has 4 heteroatoms. The second-order valence-electron chi connectivity index (χ2n) is 12.3. The molecular weight excluding hydrogens is 492 g/mol. The highest BCUT2D eigenvalue weighted by Gasteiger charge is 2.10. The number of primary amides is 1. The van der Waals surface area contributed by atoms with E-state index in [1.807, 2.05) is 4.90 Å². The zero-order valence-corrected chi connectivity index (χ0v) is 27.2. The second-order valence-corrected chi connectivity index (χ2v) is 12.3. The molecule has 0 heterocycles. The van der Waals surface area contributed by atoms with Crippen LogP contribution in [0, 0.1) is 0 Å².